The van der Waals surface area contributed by atoms with Crippen LogP contribution in [0.4, 0.5) is 0 Å². The summed E-state index contributed by atoms with van der Waals surface area (Å²) in [6.07, 6.45) is 7.76. The van der Waals surface area contributed by atoms with Crippen LogP contribution in [0.15, 0.2) is 24.3 Å². The van der Waals surface area contributed by atoms with Crippen molar-refractivity contribution in [3.05, 3.63) is 56.9 Å². The molecule has 0 N–H and O–H groups in total. The molecule has 0 aliphatic heterocycles. The average molecular weight is 653 g/mol. The molecule has 0 fully saturated rings. The van der Waals surface area contributed by atoms with E-state index < -0.39 is 0 Å². The van der Waals surface area contributed by atoms with Gasteiger partial charge >= 0.3 is 59.1 Å². The summed E-state index contributed by atoms with van der Waals surface area (Å²) in [6.45, 7) is 49.4. The first-order chi connectivity index (χ1) is 15.3. The van der Waals surface area contributed by atoms with Crippen molar-refractivity contribution in [3.8, 4) is 12.3 Å². The first-order valence-electron chi connectivity index (χ1n) is 13.6. The molecule has 0 rings (SSSR count). The van der Waals surface area contributed by atoms with Crippen molar-refractivity contribution in [3.63, 3.8) is 0 Å². The standard InChI is InChI=1S/C18H34.C17H29.2CH3.2Na.Nb/c1-12-14(4)15(5)17(8,9)18(10,11)16(6,7)13(2)3;1-11-13(3)14(4)16(7,8)17(9,10)15(5,6)12-2;;;;;/h4,12H2,1-3,5-11H3;2H,3,11H2,1,4-10H3;2*1H3;;;/q-2;3*-1;2*+1;. The molecule has 3 heteroatoms. The summed E-state index contributed by atoms with van der Waals surface area (Å²) in [6, 6.07) is 0. The molecule has 0 heterocycles. The SMILES string of the molecule is C#CC(C)(C)C(C)(C)C(C)(C)[C-](C)C(=C)CC.C=C(CC)[C-](C)C(C)(C)C(C)(C)C(C)(C)[C-](C)C.[CH3-].[CH3-].[Na+].[Na+].[Nb]. The normalized spacial score (nSPS) is 11.8. The summed E-state index contributed by atoms with van der Waals surface area (Å²) in [5.41, 5.74) is 2.94. The third kappa shape index (κ3) is 11.8. The molecule has 0 amide bonds. The molecule has 0 bridgehead atoms. The molecule has 0 unspecified atom stereocenters. The van der Waals surface area contributed by atoms with E-state index in [1.807, 2.05) is 0 Å². The Morgan fingerprint density at radius 1 is 0.600 bits per heavy atom. The van der Waals surface area contributed by atoms with Crippen molar-refractivity contribution in [2.24, 2.45) is 32.5 Å². The van der Waals surface area contributed by atoms with Gasteiger partial charge in [0.25, 0.3) is 0 Å². The van der Waals surface area contributed by atoms with E-state index in [9.17, 15) is 0 Å². The van der Waals surface area contributed by atoms with Gasteiger partial charge in [0, 0.05) is 27.8 Å². The van der Waals surface area contributed by atoms with E-state index in [-0.39, 0.29) is 129 Å². The zero-order valence-electron chi connectivity index (χ0n) is 31.9. The Balaban J connectivity index is -0.0000000969. The van der Waals surface area contributed by atoms with E-state index in [0.29, 0.717) is 0 Å². The molecule has 0 nitrogen and oxygen atoms in total. The Kier molecular flexibility index (Phi) is 29.4. The maximum Gasteiger partial charge on any atom is 1.00 e. The molecule has 0 saturated carbocycles. The Morgan fingerprint density at radius 2 is 0.850 bits per heavy atom. The number of allylic oxidation sites excluding steroid dienone is 2. The van der Waals surface area contributed by atoms with Crippen LogP contribution in [0.25, 0.3) is 0 Å². The largest absolute Gasteiger partial charge is 1.00 e. The molecule has 0 aromatic carbocycles. The second kappa shape index (κ2) is 20.5. The van der Waals surface area contributed by atoms with Crippen molar-refractivity contribution in [1.29, 1.82) is 0 Å². The van der Waals surface area contributed by atoms with Crippen LogP contribution in [0, 0.1) is 77.4 Å². The smallest absolute Gasteiger partial charge is 0.358 e. The monoisotopic (exact) mass is 652 g/mol. The minimum atomic E-state index is -0.147. The Labute approximate surface area is 317 Å². The van der Waals surface area contributed by atoms with E-state index >= 15 is 0 Å². The third-order valence-corrected chi connectivity index (χ3v) is 11.7. The van der Waals surface area contributed by atoms with Gasteiger partial charge in [0.1, 0.15) is 0 Å². The number of terminal acetylenes is 1. The number of rotatable bonds is 11. The van der Waals surface area contributed by atoms with E-state index in [1.54, 1.807) is 0 Å². The summed E-state index contributed by atoms with van der Waals surface area (Å²) in [5, 5.41) is 0. The molecule has 40 heavy (non-hydrogen) atoms. The summed E-state index contributed by atoms with van der Waals surface area (Å²) < 4.78 is 0. The van der Waals surface area contributed by atoms with Gasteiger partial charge in [-0.25, -0.2) is 36.1 Å². The maximum atomic E-state index is 5.72. The van der Waals surface area contributed by atoms with E-state index in [0.717, 1.165) is 12.8 Å². The van der Waals surface area contributed by atoms with E-state index in [4.69, 9.17) is 6.42 Å². The molecule has 0 spiro atoms. The molecule has 0 aliphatic carbocycles. The van der Waals surface area contributed by atoms with Crippen LogP contribution in [0.3, 0.4) is 0 Å². The Morgan fingerprint density at radius 3 is 1.05 bits per heavy atom. The van der Waals surface area contributed by atoms with Crippen molar-refractivity contribution >= 4 is 0 Å². The van der Waals surface area contributed by atoms with Gasteiger partial charge in [0.2, 0.25) is 0 Å². The van der Waals surface area contributed by atoms with Crippen molar-refractivity contribution < 1.29 is 81.5 Å². The fraction of sp³-hybridized carbons (Fsp3) is 0.703. The van der Waals surface area contributed by atoms with Gasteiger partial charge in [0.05, 0.1) is 0 Å². The molecular formula is C37H69Na2Nb-3. The molecule has 0 saturated heterocycles. The Hall–Kier alpha value is 1.52. The molecule has 0 aromatic rings. The second-order valence-corrected chi connectivity index (χ2v) is 14.1. The molecule has 0 atom stereocenters. The fourth-order valence-corrected chi connectivity index (χ4v) is 4.72. The Bertz CT molecular complexity index is 758. The second-order valence-electron chi connectivity index (χ2n) is 14.1. The van der Waals surface area contributed by atoms with Crippen molar-refractivity contribution in [2.45, 2.75) is 137 Å². The van der Waals surface area contributed by atoms with Gasteiger partial charge in [-0.05, 0) is 19.3 Å². The summed E-state index contributed by atoms with van der Waals surface area (Å²) in [7, 11) is 0. The number of hydrogen-bond donors (Lipinski definition) is 0. The van der Waals surface area contributed by atoms with Crippen LogP contribution in [0.1, 0.15) is 137 Å². The van der Waals surface area contributed by atoms with Crippen LogP contribution < -0.4 is 59.1 Å². The molecule has 0 aliphatic rings. The van der Waals surface area contributed by atoms with E-state index in [2.05, 4.69) is 144 Å². The van der Waals surface area contributed by atoms with Gasteiger partial charge in [-0.15, -0.1) is 20.3 Å². The predicted molar refractivity (Wildman–Crippen MR) is 176 cm³/mol. The first-order valence-corrected chi connectivity index (χ1v) is 13.6. The minimum Gasteiger partial charge on any atom is -0.358 e. The van der Waals surface area contributed by atoms with Crippen LogP contribution in [0.2, 0.25) is 0 Å². The topological polar surface area (TPSA) is 0 Å². The van der Waals surface area contributed by atoms with Crippen LogP contribution in [-0.2, 0) is 22.4 Å². The van der Waals surface area contributed by atoms with Crippen LogP contribution in [0.5, 0.6) is 0 Å². The minimum absolute atomic E-state index is 0. The van der Waals surface area contributed by atoms with Gasteiger partial charge < -0.3 is 20.8 Å². The predicted octanol–water partition coefficient (Wildman–Crippen LogP) is 6.40. The van der Waals surface area contributed by atoms with E-state index in [1.165, 1.54) is 28.9 Å². The molecule has 227 valence electrons. The molecular weight excluding hydrogens is 583 g/mol. The van der Waals surface area contributed by atoms with Gasteiger partial charge in [0.15, 0.2) is 0 Å². The molecule has 1 radical (unpaired) electrons. The summed E-state index contributed by atoms with van der Waals surface area (Å²) in [5.74, 6) is 7.27. The summed E-state index contributed by atoms with van der Waals surface area (Å²) in [4.78, 5) is 0. The van der Waals surface area contributed by atoms with Gasteiger partial charge in [-0.3, -0.25) is 0 Å². The zero-order chi connectivity index (χ0) is 29.0. The summed E-state index contributed by atoms with van der Waals surface area (Å²) >= 11 is 0. The zero-order valence-corrected chi connectivity index (χ0v) is 38.1. The van der Waals surface area contributed by atoms with Crippen LogP contribution >= 0.6 is 0 Å². The third-order valence-electron chi connectivity index (χ3n) is 11.7. The van der Waals surface area contributed by atoms with Gasteiger partial charge in [-0.1, -0.05) is 118 Å². The quantitative estimate of drug-likeness (QED) is 0.138. The van der Waals surface area contributed by atoms with Crippen molar-refractivity contribution in [1.82, 2.24) is 0 Å². The molecule has 0 aromatic heterocycles. The van der Waals surface area contributed by atoms with Gasteiger partial charge in [-0.2, -0.15) is 19.3 Å². The van der Waals surface area contributed by atoms with Crippen molar-refractivity contribution in [2.75, 3.05) is 0 Å². The first kappa shape index (κ1) is 57.2. The maximum absolute atomic E-state index is 5.72. The van der Waals surface area contributed by atoms with Crippen LogP contribution in [-0.4, -0.2) is 0 Å². The number of hydrogen-bond acceptors (Lipinski definition) is 0. The fourth-order valence-electron chi connectivity index (χ4n) is 4.72. The average Bonchev–Trinajstić information content (AvgIpc) is 2.76.